The molecule has 2 rings (SSSR count). The molecular weight excluding hydrogens is 467 g/mol. The molecule has 1 aromatic rings. The highest BCUT2D eigenvalue weighted by Crippen LogP contribution is 2.15. The Bertz CT molecular complexity index is 544. The van der Waals surface area contributed by atoms with Crippen LogP contribution in [0.3, 0.4) is 0 Å². The van der Waals surface area contributed by atoms with E-state index in [0.29, 0.717) is 18.2 Å². The van der Waals surface area contributed by atoms with Crippen molar-refractivity contribution < 1.29 is 9.47 Å². The number of likely N-dealkylation sites (N-methyl/N-ethyl adjacent to an activating group) is 2. The van der Waals surface area contributed by atoms with Crippen molar-refractivity contribution in [1.82, 2.24) is 15.1 Å². The average Bonchev–Trinajstić information content (AvgIpc) is 2.60. The molecule has 1 N–H and O–H groups in total. The predicted molar refractivity (Wildman–Crippen MR) is 118 cm³/mol. The molecule has 0 radical (unpaired) electrons. The highest BCUT2D eigenvalue weighted by Gasteiger charge is 2.17. The average molecular weight is 497 g/mol. The number of aliphatic imine (C=N–C) groups is 1. The fourth-order valence-electron chi connectivity index (χ4n) is 2.57. The Kier molecular flexibility index (Phi) is 11.3. The van der Waals surface area contributed by atoms with Crippen LogP contribution < -0.4 is 10.1 Å². The molecule has 1 unspecified atom stereocenters. The zero-order valence-corrected chi connectivity index (χ0v) is 18.9. The summed E-state index contributed by atoms with van der Waals surface area (Å²) in [7, 11) is 4.13. The predicted octanol–water partition coefficient (Wildman–Crippen LogP) is 2.56. The minimum atomic E-state index is 0. The number of benzene rings is 1. The number of guanidine groups is 1. The lowest BCUT2D eigenvalue weighted by atomic mass is 10.3. The van der Waals surface area contributed by atoms with Gasteiger partial charge < -0.3 is 24.6 Å². The van der Waals surface area contributed by atoms with Crippen LogP contribution >= 0.6 is 35.6 Å². The van der Waals surface area contributed by atoms with Gasteiger partial charge in [-0.1, -0.05) is 11.6 Å². The fraction of sp³-hybridized carbons (Fsp3) is 0.611. The van der Waals surface area contributed by atoms with Gasteiger partial charge in [-0.25, -0.2) is 0 Å². The third-order valence-electron chi connectivity index (χ3n) is 3.99. The summed E-state index contributed by atoms with van der Waals surface area (Å²) in [5.74, 6) is 1.69. The first kappa shape index (κ1) is 23.3. The zero-order valence-electron chi connectivity index (χ0n) is 15.8. The van der Waals surface area contributed by atoms with Gasteiger partial charge in [0, 0.05) is 31.7 Å². The molecule has 26 heavy (non-hydrogen) atoms. The van der Waals surface area contributed by atoms with E-state index in [2.05, 4.69) is 29.1 Å². The maximum atomic E-state index is 5.88. The van der Waals surface area contributed by atoms with Crippen LogP contribution in [0.4, 0.5) is 0 Å². The molecule has 1 saturated heterocycles. The second-order valence-corrected chi connectivity index (χ2v) is 6.61. The van der Waals surface area contributed by atoms with E-state index in [9.17, 15) is 0 Å². The van der Waals surface area contributed by atoms with Gasteiger partial charge >= 0.3 is 0 Å². The van der Waals surface area contributed by atoms with Gasteiger partial charge in [-0.3, -0.25) is 4.99 Å². The molecule has 148 valence electrons. The summed E-state index contributed by atoms with van der Waals surface area (Å²) in [6.07, 6.45) is 0.158. The molecule has 0 spiro atoms. The van der Waals surface area contributed by atoms with Crippen LogP contribution in [0.15, 0.2) is 29.3 Å². The highest BCUT2D eigenvalue weighted by atomic mass is 127. The van der Waals surface area contributed by atoms with Crippen LogP contribution in [0.2, 0.25) is 5.02 Å². The zero-order chi connectivity index (χ0) is 18.1. The lowest BCUT2D eigenvalue weighted by molar-refractivity contribution is -0.0137. The van der Waals surface area contributed by atoms with Crippen molar-refractivity contribution in [2.75, 3.05) is 60.0 Å². The van der Waals surface area contributed by atoms with Gasteiger partial charge in [0.05, 0.1) is 25.8 Å². The first-order chi connectivity index (χ1) is 12.1. The Labute approximate surface area is 178 Å². The number of hydrogen-bond acceptors (Lipinski definition) is 4. The molecule has 1 fully saturated rings. The van der Waals surface area contributed by atoms with E-state index in [1.807, 2.05) is 31.3 Å². The molecule has 0 aromatic heterocycles. The van der Waals surface area contributed by atoms with Crippen LogP contribution in [-0.2, 0) is 4.74 Å². The first-order valence-electron chi connectivity index (χ1n) is 8.76. The SMILES string of the molecule is CCNC(=NCC1CN(C)CCO1)N(C)CCOc1ccc(Cl)cc1.I. The van der Waals surface area contributed by atoms with Gasteiger partial charge in [-0.15, -0.1) is 24.0 Å². The van der Waals surface area contributed by atoms with Crippen LogP contribution in [0.25, 0.3) is 0 Å². The molecule has 1 aliphatic heterocycles. The van der Waals surface area contributed by atoms with Crippen molar-refractivity contribution in [2.45, 2.75) is 13.0 Å². The molecular formula is C18H30ClIN4O2. The molecule has 1 heterocycles. The van der Waals surface area contributed by atoms with E-state index in [1.165, 1.54) is 0 Å². The Morgan fingerprint density at radius 2 is 2.15 bits per heavy atom. The number of nitrogens with one attached hydrogen (secondary N) is 1. The molecule has 1 aliphatic rings. The number of nitrogens with zero attached hydrogens (tertiary/aromatic N) is 3. The van der Waals surface area contributed by atoms with E-state index < -0.39 is 0 Å². The lowest BCUT2D eigenvalue weighted by Crippen LogP contribution is -2.44. The number of morpholine rings is 1. The van der Waals surface area contributed by atoms with Crippen molar-refractivity contribution in [2.24, 2.45) is 4.99 Å². The molecule has 1 aromatic carbocycles. The normalized spacial score (nSPS) is 18.2. The summed E-state index contributed by atoms with van der Waals surface area (Å²) < 4.78 is 11.5. The highest BCUT2D eigenvalue weighted by molar-refractivity contribution is 14.0. The largest absolute Gasteiger partial charge is 0.492 e. The van der Waals surface area contributed by atoms with E-state index in [-0.39, 0.29) is 30.1 Å². The Morgan fingerprint density at radius 3 is 2.81 bits per heavy atom. The van der Waals surface area contributed by atoms with Gasteiger partial charge in [0.25, 0.3) is 0 Å². The second-order valence-electron chi connectivity index (χ2n) is 6.17. The summed E-state index contributed by atoms with van der Waals surface area (Å²) >= 11 is 5.88. The number of halogens is 2. The smallest absolute Gasteiger partial charge is 0.193 e. The summed E-state index contributed by atoms with van der Waals surface area (Å²) in [6, 6.07) is 7.40. The summed E-state index contributed by atoms with van der Waals surface area (Å²) in [5.41, 5.74) is 0. The second kappa shape index (κ2) is 12.6. The third kappa shape index (κ3) is 8.28. The topological polar surface area (TPSA) is 49.3 Å². The molecule has 1 atom stereocenters. The Hall–Kier alpha value is -0.770. The van der Waals surface area contributed by atoms with Crippen LogP contribution in [0.1, 0.15) is 6.92 Å². The molecule has 0 aliphatic carbocycles. The number of ether oxygens (including phenoxy) is 2. The summed E-state index contributed by atoms with van der Waals surface area (Å²) in [4.78, 5) is 9.07. The van der Waals surface area contributed by atoms with E-state index in [1.54, 1.807) is 0 Å². The van der Waals surface area contributed by atoms with Gasteiger partial charge in [0.15, 0.2) is 5.96 Å². The van der Waals surface area contributed by atoms with E-state index in [0.717, 1.165) is 44.5 Å². The standard InChI is InChI=1S/C18H29ClN4O2.HI/c1-4-20-18(21-13-17-14-22(2)9-11-25-17)23(3)10-12-24-16-7-5-15(19)6-8-16;/h5-8,17H,4,9-14H2,1-3H3,(H,20,21);1H. The minimum absolute atomic E-state index is 0. The molecule has 8 heteroatoms. The first-order valence-corrected chi connectivity index (χ1v) is 9.14. The van der Waals surface area contributed by atoms with Gasteiger partial charge in [0.2, 0.25) is 0 Å². The molecule has 6 nitrogen and oxygen atoms in total. The van der Waals surface area contributed by atoms with Gasteiger partial charge in [-0.2, -0.15) is 0 Å². The number of rotatable bonds is 7. The molecule has 0 amide bonds. The maximum Gasteiger partial charge on any atom is 0.193 e. The minimum Gasteiger partial charge on any atom is -0.492 e. The van der Waals surface area contributed by atoms with Crippen molar-refractivity contribution in [3.05, 3.63) is 29.3 Å². The lowest BCUT2D eigenvalue weighted by Gasteiger charge is -2.29. The van der Waals surface area contributed by atoms with Gasteiger partial charge in [-0.05, 0) is 38.2 Å². The molecule has 0 bridgehead atoms. The van der Waals surface area contributed by atoms with E-state index >= 15 is 0 Å². The third-order valence-corrected chi connectivity index (χ3v) is 4.24. The van der Waals surface area contributed by atoms with E-state index in [4.69, 9.17) is 26.1 Å². The van der Waals surface area contributed by atoms with Crippen LogP contribution in [0.5, 0.6) is 5.75 Å². The van der Waals surface area contributed by atoms with Crippen molar-refractivity contribution >= 4 is 41.5 Å². The maximum absolute atomic E-state index is 5.88. The monoisotopic (exact) mass is 496 g/mol. The van der Waals surface area contributed by atoms with Crippen molar-refractivity contribution in [1.29, 1.82) is 0 Å². The van der Waals surface area contributed by atoms with Crippen LogP contribution in [-0.4, -0.2) is 81.9 Å². The Morgan fingerprint density at radius 1 is 1.42 bits per heavy atom. The fourth-order valence-corrected chi connectivity index (χ4v) is 2.70. The Balaban J connectivity index is 0.00000338. The summed E-state index contributed by atoms with van der Waals surface area (Å²) in [6.45, 7) is 7.55. The van der Waals surface area contributed by atoms with Crippen molar-refractivity contribution in [3.63, 3.8) is 0 Å². The van der Waals surface area contributed by atoms with Gasteiger partial charge in [0.1, 0.15) is 12.4 Å². The summed E-state index contributed by atoms with van der Waals surface area (Å²) in [5, 5.41) is 4.03. The van der Waals surface area contributed by atoms with Crippen LogP contribution in [0, 0.1) is 0 Å². The van der Waals surface area contributed by atoms with Crippen molar-refractivity contribution in [3.8, 4) is 5.75 Å². The molecule has 0 saturated carbocycles. The number of hydrogen-bond donors (Lipinski definition) is 1. The quantitative estimate of drug-likeness (QED) is 0.357.